The highest BCUT2D eigenvalue weighted by atomic mass is 127. The molecule has 0 saturated carbocycles. The molecule has 4 N–H and O–H groups in total. The van der Waals surface area contributed by atoms with Gasteiger partial charge in [-0.25, -0.2) is 0 Å². The number of hydrogen-bond acceptors (Lipinski definition) is 13. The van der Waals surface area contributed by atoms with E-state index in [-0.39, 0.29) is 56.9 Å². The summed E-state index contributed by atoms with van der Waals surface area (Å²) >= 11 is 2.13. The topological polar surface area (TPSA) is 288 Å². The molecule has 26 heteroatoms. The molecule has 0 aliphatic carbocycles. The van der Waals surface area contributed by atoms with Gasteiger partial charge in [0.2, 0.25) is 70.9 Å². The number of likely N-dealkylation sites (N-methyl/N-ethyl adjacent to an activating group) is 6. The zero-order valence-electron chi connectivity index (χ0n) is 62.2. The Bertz CT molecular complexity index is 3450. The maximum atomic E-state index is 15.4. The van der Waals surface area contributed by atoms with E-state index >= 15 is 28.8 Å². The number of likely N-dealkylation sites (tertiary alicyclic amines) is 1. The van der Waals surface area contributed by atoms with E-state index in [1.54, 1.807) is 48.2 Å². The third-order valence-electron chi connectivity index (χ3n) is 20.3. The van der Waals surface area contributed by atoms with Crippen LogP contribution in [0.5, 0.6) is 5.75 Å². The molecular formula is C75H109IN12O13. The zero-order valence-corrected chi connectivity index (χ0v) is 64.4. The van der Waals surface area contributed by atoms with Crippen LogP contribution in [-0.4, -0.2) is 246 Å². The number of carbonyl (C=O) groups is 12. The Hall–Kier alpha value is -8.17. The van der Waals surface area contributed by atoms with E-state index in [0.29, 0.717) is 54.8 Å². The summed E-state index contributed by atoms with van der Waals surface area (Å²) in [4.78, 5) is 190. The van der Waals surface area contributed by atoms with Crippen molar-refractivity contribution in [2.45, 2.75) is 200 Å². The minimum absolute atomic E-state index is 0.00739. The highest BCUT2D eigenvalue weighted by molar-refractivity contribution is 14.1. The molecular weight excluding hydrogens is 1400 g/mol. The molecule has 3 aliphatic rings. The van der Waals surface area contributed by atoms with Gasteiger partial charge in [-0.1, -0.05) is 102 Å². The number of nitrogens with one attached hydrogen (secondary N) is 4. The molecule has 554 valence electrons. The van der Waals surface area contributed by atoms with Gasteiger partial charge in [0.05, 0.1) is 20.1 Å². The summed E-state index contributed by atoms with van der Waals surface area (Å²) in [6, 6.07) is 10.2. The number of aryl methyl sites for hydroxylation is 1. The van der Waals surface area contributed by atoms with Crippen molar-refractivity contribution in [3.05, 3.63) is 98.6 Å². The lowest BCUT2D eigenvalue weighted by atomic mass is 9.94. The van der Waals surface area contributed by atoms with Gasteiger partial charge in [-0.2, -0.15) is 0 Å². The third kappa shape index (κ3) is 21.2. The quantitative estimate of drug-likeness (QED) is 0.159. The van der Waals surface area contributed by atoms with Crippen LogP contribution < -0.4 is 26.0 Å². The van der Waals surface area contributed by atoms with Gasteiger partial charge in [0.15, 0.2) is 0 Å². The second-order valence-electron chi connectivity index (χ2n) is 29.1. The van der Waals surface area contributed by atoms with Gasteiger partial charge in [-0.15, -0.1) is 0 Å². The number of hydrogen-bond donors (Lipinski definition) is 4. The molecule has 0 aromatic heterocycles. The molecule has 10 atom stereocenters. The average molecular weight is 1510 g/mol. The first-order valence-electron chi connectivity index (χ1n) is 35.3. The van der Waals surface area contributed by atoms with Gasteiger partial charge in [-0.05, 0) is 148 Å². The summed E-state index contributed by atoms with van der Waals surface area (Å²) < 4.78 is 6.25. The van der Waals surface area contributed by atoms with Crippen LogP contribution in [0.3, 0.4) is 0 Å². The summed E-state index contributed by atoms with van der Waals surface area (Å²) in [5.74, 6) is -8.29. The first-order valence-corrected chi connectivity index (χ1v) is 36.4. The molecule has 3 aromatic rings. The molecule has 6 rings (SSSR count). The number of amides is 12. The van der Waals surface area contributed by atoms with Gasteiger partial charge in [0.25, 0.3) is 0 Å². The number of piperidine rings is 1. The van der Waals surface area contributed by atoms with E-state index in [9.17, 15) is 28.8 Å². The van der Waals surface area contributed by atoms with Crippen LogP contribution in [0.2, 0.25) is 0 Å². The van der Waals surface area contributed by atoms with Crippen molar-refractivity contribution in [1.29, 1.82) is 0 Å². The monoisotopic (exact) mass is 1510 g/mol. The van der Waals surface area contributed by atoms with Gasteiger partial charge in [0.1, 0.15) is 65.7 Å². The molecule has 101 heavy (non-hydrogen) atoms. The Morgan fingerprint density at radius 2 is 1.21 bits per heavy atom. The number of fused-ring (bicyclic) bond motifs is 1. The summed E-state index contributed by atoms with van der Waals surface area (Å²) in [5, 5.41) is 11.6. The second kappa shape index (κ2) is 36.6. The third-order valence-corrected chi connectivity index (χ3v) is 21.0. The van der Waals surface area contributed by atoms with E-state index in [1.807, 2.05) is 77.9 Å². The Morgan fingerprint density at radius 1 is 0.604 bits per heavy atom. The maximum Gasteiger partial charge on any atom is 0.246 e. The van der Waals surface area contributed by atoms with Crippen molar-refractivity contribution in [3.63, 3.8) is 0 Å². The molecule has 0 radical (unpaired) electrons. The van der Waals surface area contributed by atoms with Gasteiger partial charge in [0, 0.05) is 84.8 Å². The summed E-state index contributed by atoms with van der Waals surface area (Å²) in [7, 11) is 10.1. The number of ether oxygens (including phenoxy) is 1. The number of carbonyl (C=O) groups excluding carboxylic acids is 12. The van der Waals surface area contributed by atoms with Gasteiger partial charge >= 0.3 is 0 Å². The van der Waals surface area contributed by atoms with Crippen molar-refractivity contribution >= 4 is 93.5 Å². The van der Waals surface area contributed by atoms with Gasteiger partial charge in [-0.3, -0.25) is 57.5 Å². The van der Waals surface area contributed by atoms with Crippen molar-refractivity contribution in [3.8, 4) is 5.75 Å². The van der Waals surface area contributed by atoms with Crippen LogP contribution in [-0.2, 0) is 76.8 Å². The highest BCUT2D eigenvalue weighted by Gasteiger charge is 2.47. The Labute approximate surface area is 610 Å². The molecule has 12 amide bonds. The van der Waals surface area contributed by atoms with Gasteiger partial charge < -0.3 is 65.2 Å². The summed E-state index contributed by atoms with van der Waals surface area (Å²) in [6.07, 6.45) is 2.33. The van der Waals surface area contributed by atoms with Crippen molar-refractivity contribution in [2.75, 3.05) is 75.6 Å². The molecule has 3 aliphatic heterocycles. The second-order valence-corrected chi connectivity index (χ2v) is 30.3. The van der Waals surface area contributed by atoms with Crippen LogP contribution >= 0.6 is 22.6 Å². The van der Waals surface area contributed by atoms with Crippen LogP contribution in [0.25, 0.3) is 0 Å². The van der Waals surface area contributed by atoms with Crippen LogP contribution in [0.4, 0.5) is 0 Å². The number of methoxy groups -OCH3 is 1. The predicted molar refractivity (Wildman–Crippen MR) is 392 cm³/mol. The summed E-state index contributed by atoms with van der Waals surface area (Å²) in [5.41, 5.74) is 1.12. The number of halogens is 1. The minimum atomic E-state index is -1.76. The Balaban J connectivity index is 1.47. The maximum absolute atomic E-state index is 15.4. The largest absolute Gasteiger partial charge is 0.497 e. The van der Waals surface area contributed by atoms with Crippen molar-refractivity contribution in [1.82, 2.24) is 60.5 Å². The van der Waals surface area contributed by atoms with E-state index in [1.165, 1.54) is 99.6 Å². The fourth-order valence-electron chi connectivity index (χ4n) is 12.9. The van der Waals surface area contributed by atoms with Crippen LogP contribution in [0, 0.1) is 28.2 Å². The minimum Gasteiger partial charge on any atom is -0.497 e. The fourth-order valence-corrected chi connectivity index (χ4v) is 13.5. The first kappa shape index (κ1) is 81.8. The van der Waals surface area contributed by atoms with E-state index in [4.69, 9.17) is 4.74 Å². The molecule has 3 aromatic carbocycles. The van der Waals surface area contributed by atoms with E-state index in [2.05, 4.69) is 43.9 Å². The smallest absolute Gasteiger partial charge is 0.246 e. The lowest BCUT2D eigenvalue weighted by molar-refractivity contribution is -0.160. The molecule has 3 fully saturated rings. The SMILES string of the molecule is CC[C@H](C)[C@@H]1NC(=O)[C@H](CC(C)C)N(C)C(=O)C[C@@H](C(=O)N2CCCCC2)N(C)C(=O)[C@H](CC(C)C)NC(=O)C(C)(C)N(C)C(=O)[C@H](Cc2ccc(OC)cc2)NC(=O)[C@H](Cc2cccc(I)c2)NC(=O)CN(C)C(=O)[C@H](Cc2ccc(C)cc2)N(C)C(=O)[C@@H]2CCN2C(=O)[C@H](C)N(C)C1=O. The fraction of sp³-hybridized carbons (Fsp3) is 0.600. The number of rotatable bonds is 14. The molecule has 25 nitrogen and oxygen atoms in total. The van der Waals surface area contributed by atoms with Crippen molar-refractivity contribution in [2.24, 2.45) is 17.8 Å². The van der Waals surface area contributed by atoms with E-state index in [0.717, 1.165) is 20.5 Å². The Morgan fingerprint density at radius 3 is 1.78 bits per heavy atom. The molecule has 3 heterocycles. The lowest BCUT2D eigenvalue weighted by Crippen LogP contribution is -2.65. The normalized spacial score (nSPS) is 25.0. The average Bonchev–Trinajstić information content (AvgIpc) is 0.785. The lowest BCUT2D eigenvalue weighted by Gasteiger charge is -2.45. The van der Waals surface area contributed by atoms with E-state index < -0.39 is 150 Å². The van der Waals surface area contributed by atoms with Crippen LogP contribution in [0.15, 0.2) is 72.8 Å². The molecule has 0 unspecified atom stereocenters. The number of nitrogens with zero attached hydrogens (tertiary/aromatic N) is 8. The molecule has 0 bridgehead atoms. The standard InChI is InChI=1S/C75H109IN12O13/c1-18-48(7)64-73(99)82(12)49(8)67(93)88-36-33-58(88)71(97)85(15)60(42-51-27-25-47(6)26-28-51)70(96)81(11)44-62(89)77-55(41-52-23-22-24-53(76)39-52)65(91)78-57(40-50-29-31-54(101-17)32-30-50)69(95)86(16)75(9,10)74(100)79-56(37-45(2)3)68(94)84(14)61(72(98)87-34-20-19-21-35-87)43-63(90)83(13)59(38-46(4)5)66(92)80-64/h22-32,39,45-46,48-49,55-61,64H,18-21,33-38,40-44H2,1-17H3,(H,77,89)(H,78,91)(H,79,100)(H,80,92)/t48-,49-,55-,56-,57-,58-,59-,60-,61-,64-/m0/s1. The molecule has 3 saturated heterocycles. The summed E-state index contributed by atoms with van der Waals surface area (Å²) in [6.45, 7) is 17.8. The molecule has 0 spiro atoms. The first-order chi connectivity index (χ1) is 47.5. The highest BCUT2D eigenvalue weighted by Crippen LogP contribution is 2.27. The zero-order chi connectivity index (χ0) is 75.1. The van der Waals surface area contributed by atoms with Crippen LogP contribution in [0.1, 0.15) is 136 Å². The van der Waals surface area contributed by atoms with Crippen molar-refractivity contribution < 1.29 is 62.3 Å². The number of benzene rings is 3. The Kier molecular flexibility index (Phi) is 29.7. The predicted octanol–water partition coefficient (Wildman–Crippen LogP) is 4.75.